The second-order valence-corrected chi connectivity index (χ2v) is 14.9. The predicted octanol–water partition coefficient (Wildman–Crippen LogP) is 4.85. The van der Waals surface area contributed by atoms with E-state index in [1.54, 1.807) is 10.9 Å². The molecule has 0 spiro atoms. The Hall–Kier alpha value is -5.94. The van der Waals surface area contributed by atoms with Gasteiger partial charge < -0.3 is 34.4 Å². The minimum atomic E-state index is -1.52. The van der Waals surface area contributed by atoms with E-state index in [1.165, 1.54) is 34.2 Å². The van der Waals surface area contributed by atoms with Gasteiger partial charge in [-0.15, -0.1) is 0 Å². The normalized spacial score (nSPS) is 19.8. The van der Waals surface area contributed by atoms with E-state index in [2.05, 4.69) is 30.3 Å². The summed E-state index contributed by atoms with van der Waals surface area (Å²) >= 11 is 0. The van der Waals surface area contributed by atoms with E-state index in [1.807, 2.05) is 92.7 Å². The van der Waals surface area contributed by atoms with Crippen molar-refractivity contribution < 1.29 is 28.1 Å². The summed E-state index contributed by atoms with van der Waals surface area (Å²) in [4.78, 5) is 22.0. The van der Waals surface area contributed by atoms with Crippen LogP contribution in [0.5, 0.6) is 5.75 Å². The Morgan fingerprint density at radius 3 is 2.22 bits per heavy atom. The fraction of sp³-hybridized carbons (Fsp3) is 0.349. The van der Waals surface area contributed by atoms with Crippen molar-refractivity contribution in [2.24, 2.45) is 0 Å². The molecule has 14 nitrogen and oxygen atoms in total. The Bertz CT molecular complexity index is 2340. The minimum Gasteiger partial charge on any atom is -0.491 e. The third-order valence-corrected chi connectivity index (χ3v) is 11.1. The van der Waals surface area contributed by atoms with Gasteiger partial charge in [-0.05, 0) is 80.1 Å². The number of hydrogen-bond donors (Lipinski definition) is 2. The number of aliphatic hydroxyl groups excluding tert-OH is 1. The number of nitrogens with one attached hydrogen (secondary N) is 1. The van der Waals surface area contributed by atoms with Crippen LogP contribution < -0.4 is 25.5 Å². The first-order valence-electron chi connectivity index (χ1n) is 19.7. The summed E-state index contributed by atoms with van der Waals surface area (Å²) in [6.07, 6.45) is 3.22. The summed E-state index contributed by atoms with van der Waals surface area (Å²) in [7, 11) is 0. The molecule has 0 radical (unpaired) electrons. The molecule has 1 unspecified atom stereocenters. The van der Waals surface area contributed by atoms with Gasteiger partial charge in [-0.25, -0.2) is 32.5 Å². The lowest BCUT2D eigenvalue weighted by molar-refractivity contribution is -0.192. The summed E-state index contributed by atoms with van der Waals surface area (Å²) in [6, 6.07) is 28.3. The van der Waals surface area contributed by atoms with Crippen molar-refractivity contribution >= 4 is 11.4 Å². The van der Waals surface area contributed by atoms with Gasteiger partial charge >= 0.3 is 5.69 Å². The van der Waals surface area contributed by atoms with Crippen LogP contribution in [0.4, 0.5) is 20.2 Å². The highest BCUT2D eigenvalue weighted by molar-refractivity contribution is 5.54. The second kappa shape index (κ2) is 17.5. The summed E-state index contributed by atoms with van der Waals surface area (Å²) in [5, 5.41) is 22.4. The molecule has 16 heteroatoms. The molecule has 2 saturated heterocycles. The van der Waals surface area contributed by atoms with Gasteiger partial charge in [0.1, 0.15) is 55.6 Å². The van der Waals surface area contributed by atoms with E-state index < -0.39 is 29.6 Å². The van der Waals surface area contributed by atoms with Crippen molar-refractivity contribution in [3.05, 3.63) is 149 Å². The number of aromatic nitrogens is 6. The summed E-state index contributed by atoms with van der Waals surface area (Å²) in [6.45, 7) is 7.88. The highest BCUT2D eigenvalue weighted by Crippen LogP contribution is 2.38. The molecule has 2 aliphatic heterocycles. The summed E-state index contributed by atoms with van der Waals surface area (Å²) in [5.74, 6) is -2.34. The molecule has 0 saturated carbocycles. The minimum absolute atomic E-state index is 0.0228. The van der Waals surface area contributed by atoms with Gasteiger partial charge in [0.2, 0.25) is 5.79 Å². The van der Waals surface area contributed by atoms with Gasteiger partial charge in [0, 0.05) is 61.8 Å². The zero-order chi connectivity index (χ0) is 40.9. The van der Waals surface area contributed by atoms with Gasteiger partial charge in [0.05, 0.1) is 24.4 Å². The Morgan fingerprint density at radius 1 is 0.881 bits per heavy atom. The van der Waals surface area contributed by atoms with Crippen molar-refractivity contribution in [3.63, 3.8) is 0 Å². The van der Waals surface area contributed by atoms with Crippen molar-refractivity contribution in [2.75, 3.05) is 55.7 Å². The van der Waals surface area contributed by atoms with Crippen LogP contribution in [0, 0.1) is 11.6 Å². The smallest absolute Gasteiger partial charge is 0.350 e. The van der Waals surface area contributed by atoms with Crippen LogP contribution in [0.25, 0.3) is 5.69 Å². The third kappa shape index (κ3) is 8.90. The molecular weight excluding hydrogens is 761 g/mol. The maximum atomic E-state index is 14.9. The quantitative estimate of drug-likeness (QED) is 0.147. The second-order valence-electron chi connectivity index (χ2n) is 14.9. The van der Waals surface area contributed by atoms with Gasteiger partial charge in [-0.2, -0.15) is 10.2 Å². The first-order valence-corrected chi connectivity index (χ1v) is 19.7. The molecule has 0 aliphatic carbocycles. The Balaban J connectivity index is 0.815. The number of ether oxygens (including phenoxy) is 3. The molecule has 5 atom stereocenters. The topological polar surface area (TPSA) is 137 Å². The average molecular weight is 808 g/mol. The number of aliphatic hydroxyl groups is 1. The molecular formula is C43H47F2N9O5. The van der Waals surface area contributed by atoms with Crippen LogP contribution in [0.1, 0.15) is 37.1 Å². The standard InChI is InChI=1S/C43H47F2N9O5/c1-30(47-23-41(55)32-6-4-3-5-7-32)31(2)54-42(56)53(29-49-54)36-11-9-34(10-12-36)50-18-20-51(21-19-50)35-13-15-37(16-14-35)57-24-38-25-58-43(59-38,26-52-28-46-27-48-52)39-17-8-33(44)22-40(39)45/h3-17,22,27-31,38,41,47,55H,18-21,23-26H2,1-2H3/t30-,31?,38+,41+,43-/m0/s1. The Morgan fingerprint density at radius 2 is 1.56 bits per heavy atom. The predicted molar refractivity (Wildman–Crippen MR) is 217 cm³/mol. The molecule has 0 amide bonds. The van der Waals surface area contributed by atoms with Crippen LogP contribution in [-0.2, 0) is 21.8 Å². The lowest BCUT2D eigenvalue weighted by Gasteiger charge is -2.37. The fourth-order valence-corrected chi connectivity index (χ4v) is 7.52. The van der Waals surface area contributed by atoms with Crippen molar-refractivity contribution in [1.82, 2.24) is 34.4 Å². The molecule has 308 valence electrons. The SMILES string of the molecule is CC([C@H](C)NC[C@@H](O)c1ccccc1)n1ncn(-c2ccc(N3CCN(c4ccc(OC[C@@H]5CO[C@](Cn6cncn6)(c6ccc(F)cc6F)O5)cc4)CC3)cc2)c1=O. The third-order valence-electron chi connectivity index (χ3n) is 11.1. The van der Waals surface area contributed by atoms with Crippen LogP contribution >= 0.6 is 0 Å². The maximum absolute atomic E-state index is 14.9. The molecule has 4 aromatic carbocycles. The summed E-state index contributed by atoms with van der Waals surface area (Å²) < 4.78 is 51.5. The monoisotopic (exact) mass is 807 g/mol. The molecule has 0 bridgehead atoms. The van der Waals surface area contributed by atoms with Crippen molar-refractivity contribution in [1.29, 1.82) is 0 Å². The van der Waals surface area contributed by atoms with E-state index in [4.69, 9.17) is 14.2 Å². The molecule has 59 heavy (non-hydrogen) atoms. The number of anilines is 2. The van der Waals surface area contributed by atoms with Gasteiger partial charge in [-0.1, -0.05) is 30.3 Å². The molecule has 2 aromatic heterocycles. The largest absolute Gasteiger partial charge is 0.491 e. The van der Waals surface area contributed by atoms with E-state index in [0.717, 1.165) is 54.9 Å². The number of piperazine rings is 1. The molecule has 6 aromatic rings. The average Bonchev–Trinajstić information content (AvgIpc) is 4.03. The first-order chi connectivity index (χ1) is 28.7. The molecule has 2 aliphatic rings. The molecule has 8 rings (SSSR count). The van der Waals surface area contributed by atoms with Gasteiger partial charge in [0.25, 0.3) is 0 Å². The number of halogens is 2. The van der Waals surface area contributed by atoms with E-state index >= 15 is 0 Å². The van der Waals surface area contributed by atoms with Gasteiger partial charge in [0.15, 0.2) is 0 Å². The fourth-order valence-electron chi connectivity index (χ4n) is 7.52. The zero-order valence-corrected chi connectivity index (χ0v) is 32.8. The Kier molecular flexibility index (Phi) is 11.8. The lowest BCUT2D eigenvalue weighted by atomic mass is 10.0. The van der Waals surface area contributed by atoms with E-state index in [0.29, 0.717) is 12.3 Å². The van der Waals surface area contributed by atoms with E-state index in [9.17, 15) is 18.7 Å². The Labute approximate surface area is 340 Å². The molecule has 4 heterocycles. The molecule has 2 fully saturated rings. The highest BCUT2D eigenvalue weighted by atomic mass is 19.1. The highest BCUT2D eigenvalue weighted by Gasteiger charge is 2.46. The lowest BCUT2D eigenvalue weighted by Crippen LogP contribution is -2.46. The number of benzene rings is 4. The molecule has 2 N–H and O–H groups in total. The van der Waals surface area contributed by atoms with Crippen LogP contribution in [0.2, 0.25) is 0 Å². The number of rotatable bonds is 15. The maximum Gasteiger partial charge on any atom is 0.350 e. The zero-order valence-electron chi connectivity index (χ0n) is 32.8. The summed E-state index contributed by atoms with van der Waals surface area (Å²) in [5.41, 5.74) is 3.57. The van der Waals surface area contributed by atoms with E-state index in [-0.39, 0.29) is 43.1 Å². The van der Waals surface area contributed by atoms with Crippen molar-refractivity contribution in [3.8, 4) is 11.4 Å². The van der Waals surface area contributed by atoms with Crippen LogP contribution in [0.3, 0.4) is 0 Å². The van der Waals surface area contributed by atoms with Gasteiger partial charge in [-0.3, -0.25) is 0 Å². The number of hydrogen-bond acceptors (Lipinski definition) is 11. The van der Waals surface area contributed by atoms with Crippen LogP contribution in [0.15, 0.2) is 121 Å². The number of nitrogens with zero attached hydrogens (tertiary/aromatic N) is 8. The van der Waals surface area contributed by atoms with Crippen LogP contribution in [-0.4, -0.2) is 92.3 Å². The van der Waals surface area contributed by atoms with Crippen molar-refractivity contribution in [2.45, 2.75) is 50.5 Å². The first kappa shape index (κ1) is 39.9.